The van der Waals surface area contributed by atoms with Gasteiger partial charge in [-0.25, -0.2) is 0 Å². The van der Waals surface area contributed by atoms with Crippen molar-refractivity contribution in [2.75, 3.05) is 5.32 Å². The third kappa shape index (κ3) is 2.72. The number of aromatic amines is 1. The van der Waals surface area contributed by atoms with E-state index >= 15 is 0 Å². The second kappa shape index (κ2) is 5.73. The zero-order valence-corrected chi connectivity index (χ0v) is 15.9. The summed E-state index contributed by atoms with van der Waals surface area (Å²) in [7, 11) is 0. The van der Waals surface area contributed by atoms with E-state index in [1.807, 2.05) is 24.3 Å². The van der Waals surface area contributed by atoms with Gasteiger partial charge in [0.2, 0.25) is 5.91 Å². The maximum Gasteiger partial charge on any atom is 0.235 e. The molecule has 1 aromatic heterocycles. The minimum atomic E-state index is -0.396. The Morgan fingerprint density at radius 2 is 1.69 bits per heavy atom. The average molecular weight is 346 g/mol. The number of fused-ring (bicyclic) bond motifs is 1. The lowest BCUT2D eigenvalue weighted by Crippen LogP contribution is -2.28. The molecule has 1 heterocycles. The molecule has 1 aliphatic carbocycles. The second-order valence-corrected chi connectivity index (χ2v) is 8.53. The van der Waals surface area contributed by atoms with Crippen LogP contribution in [0.15, 0.2) is 48.5 Å². The van der Waals surface area contributed by atoms with Crippen molar-refractivity contribution in [3.63, 3.8) is 0 Å². The van der Waals surface area contributed by atoms with Gasteiger partial charge in [-0.1, -0.05) is 51.1 Å². The molecule has 3 heteroatoms. The molecule has 2 aromatic carbocycles. The number of carbonyl (C=O) groups excluding carboxylic acids is 1. The predicted octanol–water partition coefficient (Wildman–Crippen LogP) is 5.44. The van der Waals surface area contributed by atoms with Gasteiger partial charge in [-0.3, -0.25) is 4.79 Å². The Kier molecular flexibility index (Phi) is 3.72. The molecule has 0 aliphatic heterocycles. The highest BCUT2D eigenvalue weighted by molar-refractivity contribution is 6.05. The highest BCUT2D eigenvalue weighted by Gasteiger charge is 2.53. The molecule has 1 aliphatic rings. The van der Waals surface area contributed by atoms with Crippen molar-refractivity contribution in [1.82, 2.24) is 4.98 Å². The van der Waals surface area contributed by atoms with E-state index in [1.165, 1.54) is 10.9 Å². The molecule has 0 atom stereocenters. The van der Waals surface area contributed by atoms with Gasteiger partial charge in [0.15, 0.2) is 0 Å². The number of amides is 1. The van der Waals surface area contributed by atoms with Crippen LogP contribution in [0.3, 0.4) is 0 Å². The Morgan fingerprint density at radius 3 is 2.31 bits per heavy atom. The molecule has 0 radical (unpaired) electrons. The van der Waals surface area contributed by atoms with Gasteiger partial charge < -0.3 is 10.3 Å². The van der Waals surface area contributed by atoms with Crippen LogP contribution in [-0.4, -0.2) is 10.9 Å². The summed E-state index contributed by atoms with van der Waals surface area (Å²) >= 11 is 0. The lowest BCUT2D eigenvalue weighted by molar-refractivity contribution is -0.118. The van der Waals surface area contributed by atoms with Gasteiger partial charge in [0.05, 0.1) is 5.41 Å². The molecule has 3 nitrogen and oxygen atoms in total. The fourth-order valence-electron chi connectivity index (χ4n) is 3.91. The van der Waals surface area contributed by atoms with Crippen LogP contribution in [0, 0.1) is 6.92 Å². The molecule has 3 aromatic rings. The van der Waals surface area contributed by atoms with Crippen LogP contribution < -0.4 is 5.32 Å². The molecule has 2 N–H and O–H groups in total. The van der Waals surface area contributed by atoms with Gasteiger partial charge in [-0.2, -0.15) is 0 Å². The fourth-order valence-corrected chi connectivity index (χ4v) is 3.91. The van der Waals surface area contributed by atoms with Crippen molar-refractivity contribution < 1.29 is 4.79 Å². The number of para-hydroxylation sites is 1. The second-order valence-electron chi connectivity index (χ2n) is 8.53. The Labute approximate surface area is 154 Å². The summed E-state index contributed by atoms with van der Waals surface area (Å²) in [6.45, 7) is 8.65. The third-order valence-corrected chi connectivity index (χ3v) is 5.57. The number of anilines is 1. The number of hydrogen-bond acceptors (Lipinski definition) is 1. The van der Waals surface area contributed by atoms with Crippen molar-refractivity contribution in [1.29, 1.82) is 0 Å². The standard InChI is InChI=1S/C23H26N2O/c1-15-20(18-7-5-6-8-19(18)24-15)23(13-14-23)21(26)25-17-11-9-16(10-12-17)22(2,3)4/h5-12,24H,13-14H2,1-4H3,(H,25,26). The van der Waals surface area contributed by atoms with Gasteiger partial charge in [-0.05, 0) is 54.5 Å². The molecule has 4 rings (SSSR count). The number of carbonyl (C=O) groups is 1. The predicted molar refractivity (Wildman–Crippen MR) is 108 cm³/mol. The van der Waals surface area contributed by atoms with E-state index in [9.17, 15) is 4.79 Å². The summed E-state index contributed by atoms with van der Waals surface area (Å²) in [5.74, 6) is 0.105. The molecule has 1 amide bonds. The van der Waals surface area contributed by atoms with Gasteiger partial charge in [0, 0.05) is 22.3 Å². The van der Waals surface area contributed by atoms with Crippen molar-refractivity contribution in [3.8, 4) is 0 Å². The average Bonchev–Trinajstić information content (AvgIpc) is 3.31. The molecule has 0 bridgehead atoms. The van der Waals surface area contributed by atoms with Crippen LogP contribution in [0.2, 0.25) is 0 Å². The molecular formula is C23H26N2O. The number of aryl methyl sites for hydroxylation is 1. The molecule has 1 saturated carbocycles. The van der Waals surface area contributed by atoms with Gasteiger partial charge >= 0.3 is 0 Å². The topological polar surface area (TPSA) is 44.9 Å². The van der Waals surface area contributed by atoms with Crippen molar-refractivity contribution in [2.45, 2.75) is 51.4 Å². The van der Waals surface area contributed by atoms with Crippen LogP contribution in [0.25, 0.3) is 10.9 Å². The minimum Gasteiger partial charge on any atom is -0.358 e. The Balaban J connectivity index is 1.63. The fraction of sp³-hybridized carbons (Fsp3) is 0.348. The molecule has 0 spiro atoms. The van der Waals surface area contributed by atoms with E-state index in [4.69, 9.17) is 0 Å². The maximum atomic E-state index is 13.1. The van der Waals surface area contributed by atoms with Crippen molar-refractivity contribution in [2.24, 2.45) is 0 Å². The van der Waals surface area contributed by atoms with Crippen LogP contribution in [-0.2, 0) is 15.6 Å². The number of benzene rings is 2. The van der Waals surface area contributed by atoms with Gasteiger partial charge in [0.1, 0.15) is 0 Å². The number of aromatic nitrogens is 1. The van der Waals surface area contributed by atoms with Crippen LogP contribution in [0.4, 0.5) is 5.69 Å². The zero-order chi connectivity index (χ0) is 18.5. The molecule has 26 heavy (non-hydrogen) atoms. The number of rotatable bonds is 3. The number of nitrogens with one attached hydrogen (secondary N) is 2. The van der Waals surface area contributed by atoms with E-state index in [2.05, 4.69) is 62.3 Å². The summed E-state index contributed by atoms with van der Waals surface area (Å²) in [5, 5.41) is 4.32. The number of H-pyrrole nitrogens is 1. The summed E-state index contributed by atoms with van der Waals surface area (Å²) in [5.41, 5.74) is 5.22. The third-order valence-electron chi connectivity index (χ3n) is 5.57. The summed E-state index contributed by atoms with van der Waals surface area (Å²) in [6.07, 6.45) is 1.81. The molecular weight excluding hydrogens is 320 g/mol. The number of hydrogen-bond donors (Lipinski definition) is 2. The molecule has 134 valence electrons. The lowest BCUT2D eigenvalue weighted by atomic mass is 9.87. The quantitative estimate of drug-likeness (QED) is 0.651. The summed E-state index contributed by atoms with van der Waals surface area (Å²) in [4.78, 5) is 16.6. The van der Waals surface area contributed by atoms with Crippen molar-refractivity contribution in [3.05, 3.63) is 65.4 Å². The monoisotopic (exact) mass is 346 g/mol. The highest BCUT2D eigenvalue weighted by atomic mass is 16.2. The Morgan fingerprint density at radius 1 is 1.04 bits per heavy atom. The van der Waals surface area contributed by atoms with E-state index in [0.29, 0.717) is 0 Å². The molecule has 0 unspecified atom stereocenters. The summed E-state index contributed by atoms with van der Waals surface area (Å²) < 4.78 is 0. The summed E-state index contributed by atoms with van der Waals surface area (Å²) in [6, 6.07) is 16.5. The normalized spacial score (nSPS) is 15.8. The zero-order valence-electron chi connectivity index (χ0n) is 15.9. The maximum absolute atomic E-state index is 13.1. The van der Waals surface area contributed by atoms with E-state index in [1.54, 1.807) is 0 Å². The lowest BCUT2D eigenvalue weighted by Gasteiger charge is -2.20. The van der Waals surface area contributed by atoms with Gasteiger partial charge in [-0.15, -0.1) is 0 Å². The van der Waals surface area contributed by atoms with E-state index < -0.39 is 5.41 Å². The van der Waals surface area contributed by atoms with Crippen LogP contribution in [0.5, 0.6) is 0 Å². The van der Waals surface area contributed by atoms with E-state index in [0.717, 1.165) is 35.3 Å². The van der Waals surface area contributed by atoms with Gasteiger partial charge in [0.25, 0.3) is 0 Å². The first-order chi connectivity index (χ1) is 12.3. The smallest absolute Gasteiger partial charge is 0.235 e. The van der Waals surface area contributed by atoms with Crippen LogP contribution >= 0.6 is 0 Å². The highest BCUT2D eigenvalue weighted by Crippen LogP contribution is 2.52. The van der Waals surface area contributed by atoms with Crippen molar-refractivity contribution >= 4 is 22.5 Å². The Hall–Kier alpha value is -2.55. The first kappa shape index (κ1) is 16.9. The SMILES string of the molecule is Cc1[nH]c2ccccc2c1C1(C(=O)Nc2ccc(C(C)(C)C)cc2)CC1. The van der Waals surface area contributed by atoms with E-state index in [-0.39, 0.29) is 11.3 Å². The Bertz CT molecular complexity index is 970. The molecule has 1 fully saturated rings. The first-order valence-corrected chi connectivity index (χ1v) is 9.31. The molecule has 0 saturated heterocycles. The first-order valence-electron chi connectivity index (χ1n) is 9.31. The minimum absolute atomic E-state index is 0.105. The largest absolute Gasteiger partial charge is 0.358 e. The van der Waals surface area contributed by atoms with Crippen LogP contribution in [0.1, 0.15) is 50.4 Å².